The van der Waals surface area contributed by atoms with E-state index in [1.165, 1.54) is 12.8 Å². The molecule has 0 radical (unpaired) electrons. The third kappa shape index (κ3) is 169. The second-order valence-electron chi connectivity index (χ2n) is 1.000. The minimum Gasteiger partial charge on any atom is -0.400 e. The zero-order chi connectivity index (χ0) is 7.41. The van der Waals surface area contributed by atoms with Gasteiger partial charge in [-0.05, 0) is 0 Å². The van der Waals surface area contributed by atoms with Gasteiger partial charge in [0.05, 0.1) is 0 Å². The molecular formula is C6H18O2. The third-order valence-corrected chi connectivity index (χ3v) is 0.500. The van der Waals surface area contributed by atoms with Gasteiger partial charge in [-0.15, -0.1) is 0 Å². The molecule has 0 aromatic rings. The van der Waals surface area contributed by atoms with Gasteiger partial charge in [0.15, 0.2) is 0 Å². The maximum Gasteiger partial charge on any atom is 0.0319 e. The highest BCUT2D eigenvalue weighted by Crippen LogP contribution is 1.76. The van der Waals surface area contributed by atoms with E-state index in [0.717, 1.165) is 14.2 Å². The van der Waals surface area contributed by atoms with E-state index in [1.54, 1.807) is 0 Å². The highest BCUT2D eigenvalue weighted by molar-refractivity contribution is 4.12. The van der Waals surface area contributed by atoms with E-state index in [4.69, 9.17) is 10.2 Å². The van der Waals surface area contributed by atoms with E-state index in [1.807, 2.05) is 0 Å². The van der Waals surface area contributed by atoms with Crippen LogP contribution in [0.2, 0.25) is 0 Å². The summed E-state index contributed by atoms with van der Waals surface area (Å²) in [7, 11) is 2.00. The molecule has 0 saturated carbocycles. The van der Waals surface area contributed by atoms with Gasteiger partial charge in [0, 0.05) is 14.2 Å². The summed E-state index contributed by atoms with van der Waals surface area (Å²) in [6, 6.07) is 0. The van der Waals surface area contributed by atoms with Crippen LogP contribution >= 0.6 is 0 Å². The molecule has 0 heterocycles. The smallest absolute Gasteiger partial charge is 0.0319 e. The summed E-state index contributed by atoms with van der Waals surface area (Å²) < 4.78 is 0. The minimum absolute atomic E-state index is 1.00. The Balaban J connectivity index is -0.0000000542. The Morgan fingerprint density at radius 3 is 0.875 bits per heavy atom. The quantitative estimate of drug-likeness (QED) is 0.545. The molecule has 0 rings (SSSR count). The molecule has 0 aliphatic carbocycles. The molecule has 8 heavy (non-hydrogen) atoms. The molecule has 54 valence electrons. The molecule has 0 spiro atoms. The molecule has 0 saturated heterocycles. The van der Waals surface area contributed by atoms with E-state index < -0.39 is 0 Å². The van der Waals surface area contributed by atoms with Crippen LogP contribution in [0.5, 0.6) is 0 Å². The molecule has 0 aliphatic rings. The molecule has 0 aromatic heterocycles. The van der Waals surface area contributed by atoms with Gasteiger partial charge >= 0.3 is 0 Å². The van der Waals surface area contributed by atoms with Gasteiger partial charge in [-0.1, -0.05) is 26.7 Å². The Bertz CT molecular complexity index is 8.49. The number of rotatable bonds is 1. The third-order valence-electron chi connectivity index (χ3n) is 0.500. The van der Waals surface area contributed by atoms with Crippen LogP contribution in [0.4, 0.5) is 0 Å². The molecule has 2 heteroatoms. The summed E-state index contributed by atoms with van der Waals surface area (Å²) in [5.74, 6) is 0. The van der Waals surface area contributed by atoms with Crippen molar-refractivity contribution in [2.24, 2.45) is 0 Å². The summed E-state index contributed by atoms with van der Waals surface area (Å²) in [5.41, 5.74) is 0. The Morgan fingerprint density at radius 1 is 0.750 bits per heavy atom. The summed E-state index contributed by atoms with van der Waals surface area (Å²) >= 11 is 0. The molecule has 2 nitrogen and oxygen atoms in total. The molecule has 0 unspecified atom stereocenters. The standard InChI is InChI=1S/C4H10.2CH4O/c1-3-4-2;2*1-2/h3-4H2,1-2H3;2*2H,1H3. The predicted molar refractivity (Wildman–Crippen MR) is 36.9 cm³/mol. The average molecular weight is 122 g/mol. The Kier molecular flexibility index (Phi) is 129. The number of aliphatic hydroxyl groups excluding tert-OH is 2. The van der Waals surface area contributed by atoms with E-state index in [-0.39, 0.29) is 0 Å². The van der Waals surface area contributed by atoms with Gasteiger partial charge < -0.3 is 10.2 Å². The summed E-state index contributed by atoms with van der Waals surface area (Å²) in [6.45, 7) is 4.36. The van der Waals surface area contributed by atoms with Crippen LogP contribution in [0.3, 0.4) is 0 Å². The highest BCUT2D eigenvalue weighted by Gasteiger charge is 1.56. The summed E-state index contributed by atoms with van der Waals surface area (Å²) in [6.07, 6.45) is 2.64. The lowest BCUT2D eigenvalue weighted by Gasteiger charge is -1.68. The van der Waals surface area contributed by atoms with Crippen molar-refractivity contribution in [1.82, 2.24) is 0 Å². The van der Waals surface area contributed by atoms with Crippen molar-refractivity contribution in [2.75, 3.05) is 14.2 Å². The van der Waals surface area contributed by atoms with Crippen molar-refractivity contribution in [3.63, 3.8) is 0 Å². The SMILES string of the molecule is CCCC.CO.CO. The first kappa shape index (κ1) is 15.7. The van der Waals surface area contributed by atoms with E-state index in [9.17, 15) is 0 Å². The van der Waals surface area contributed by atoms with Crippen molar-refractivity contribution in [1.29, 1.82) is 0 Å². The topological polar surface area (TPSA) is 40.5 Å². The Hall–Kier alpha value is -0.0800. The first-order chi connectivity index (χ1) is 3.91. The van der Waals surface area contributed by atoms with E-state index >= 15 is 0 Å². The largest absolute Gasteiger partial charge is 0.400 e. The number of unbranched alkanes of at least 4 members (excludes halogenated alkanes) is 1. The lowest BCUT2D eigenvalue weighted by molar-refractivity contribution is 0.399. The molecule has 0 fully saturated rings. The second kappa shape index (κ2) is 65.8. The lowest BCUT2D eigenvalue weighted by atomic mass is 10.4. The monoisotopic (exact) mass is 122 g/mol. The molecule has 0 aromatic carbocycles. The highest BCUT2D eigenvalue weighted by atomic mass is 16.2. The molecule has 0 amide bonds. The maximum atomic E-state index is 7.00. The van der Waals surface area contributed by atoms with Gasteiger partial charge in [0.1, 0.15) is 0 Å². The molecule has 0 atom stereocenters. The Labute approximate surface area is 52.2 Å². The van der Waals surface area contributed by atoms with Crippen molar-refractivity contribution < 1.29 is 10.2 Å². The van der Waals surface area contributed by atoms with Crippen LogP contribution in [0.1, 0.15) is 26.7 Å². The fraction of sp³-hybridized carbons (Fsp3) is 1.00. The first-order valence-electron chi connectivity index (χ1n) is 2.81. The van der Waals surface area contributed by atoms with Gasteiger partial charge in [-0.25, -0.2) is 0 Å². The Morgan fingerprint density at radius 2 is 0.875 bits per heavy atom. The summed E-state index contributed by atoms with van der Waals surface area (Å²) in [4.78, 5) is 0. The number of hydrogen-bond acceptors (Lipinski definition) is 2. The van der Waals surface area contributed by atoms with Gasteiger partial charge in [0.2, 0.25) is 0 Å². The van der Waals surface area contributed by atoms with Crippen molar-refractivity contribution in [2.45, 2.75) is 26.7 Å². The van der Waals surface area contributed by atoms with E-state index in [2.05, 4.69) is 13.8 Å². The van der Waals surface area contributed by atoms with Crippen LogP contribution in [0, 0.1) is 0 Å². The first-order valence-corrected chi connectivity index (χ1v) is 2.81. The van der Waals surface area contributed by atoms with Gasteiger partial charge in [0.25, 0.3) is 0 Å². The summed E-state index contributed by atoms with van der Waals surface area (Å²) in [5, 5.41) is 14.0. The van der Waals surface area contributed by atoms with Crippen molar-refractivity contribution >= 4 is 0 Å². The molecule has 2 N–H and O–H groups in total. The molecule has 0 bridgehead atoms. The van der Waals surface area contributed by atoms with Gasteiger partial charge in [-0.2, -0.15) is 0 Å². The average Bonchev–Trinajstić information content (AvgIpc) is 1.96. The lowest BCUT2D eigenvalue weighted by Crippen LogP contribution is -1.47. The number of aliphatic hydroxyl groups is 2. The zero-order valence-corrected chi connectivity index (χ0v) is 6.31. The zero-order valence-electron chi connectivity index (χ0n) is 6.31. The van der Waals surface area contributed by atoms with Crippen LogP contribution in [-0.4, -0.2) is 24.4 Å². The molecule has 0 aliphatic heterocycles. The fourth-order valence-electron chi connectivity index (χ4n) is 0. The van der Waals surface area contributed by atoms with Crippen LogP contribution < -0.4 is 0 Å². The predicted octanol–water partition coefficient (Wildman–Crippen LogP) is 1.02. The van der Waals surface area contributed by atoms with Crippen LogP contribution in [-0.2, 0) is 0 Å². The molecular weight excluding hydrogens is 104 g/mol. The van der Waals surface area contributed by atoms with Gasteiger partial charge in [-0.3, -0.25) is 0 Å². The fourth-order valence-corrected chi connectivity index (χ4v) is 0. The van der Waals surface area contributed by atoms with Crippen LogP contribution in [0.15, 0.2) is 0 Å². The van der Waals surface area contributed by atoms with E-state index in [0.29, 0.717) is 0 Å². The minimum atomic E-state index is 1.00. The van der Waals surface area contributed by atoms with Crippen molar-refractivity contribution in [3.05, 3.63) is 0 Å². The number of hydrogen-bond donors (Lipinski definition) is 2. The normalized spacial score (nSPS) is 5.25. The second-order valence-corrected chi connectivity index (χ2v) is 1.000. The maximum absolute atomic E-state index is 7.00. The van der Waals surface area contributed by atoms with Crippen molar-refractivity contribution in [3.8, 4) is 0 Å². The van der Waals surface area contributed by atoms with Crippen LogP contribution in [0.25, 0.3) is 0 Å².